The minimum absolute atomic E-state index is 0. The van der Waals surface area contributed by atoms with Gasteiger partial charge in [-0.25, -0.2) is 8.42 Å². The third-order valence-corrected chi connectivity index (χ3v) is 5.98. The summed E-state index contributed by atoms with van der Waals surface area (Å²) in [4.78, 5) is 11.8. The summed E-state index contributed by atoms with van der Waals surface area (Å²) >= 11 is 1.16. The average molecular weight is 404 g/mol. The van der Waals surface area contributed by atoms with E-state index in [0.29, 0.717) is 12.2 Å². The lowest BCUT2D eigenvalue weighted by atomic mass is 10.1. The summed E-state index contributed by atoms with van der Waals surface area (Å²) in [7, 11) is -3.54. The number of carbonyl (C=O) groups excluding carboxylic acids is 1. The summed E-state index contributed by atoms with van der Waals surface area (Å²) in [5.41, 5.74) is 1.30. The van der Waals surface area contributed by atoms with Crippen molar-refractivity contribution in [3.8, 4) is 0 Å². The van der Waals surface area contributed by atoms with Gasteiger partial charge in [0.2, 0.25) is 5.91 Å². The Morgan fingerprint density at radius 3 is 2.44 bits per heavy atom. The van der Waals surface area contributed by atoms with E-state index < -0.39 is 10.0 Å². The number of halogens is 1. The highest BCUT2D eigenvalue weighted by Gasteiger charge is 2.15. The van der Waals surface area contributed by atoms with E-state index >= 15 is 0 Å². The molecule has 0 saturated heterocycles. The van der Waals surface area contributed by atoms with Crippen molar-refractivity contribution in [2.45, 2.75) is 17.6 Å². The van der Waals surface area contributed by atoms with Crippen LogP contribution in [0.3, 0.4) is 0 Å². The second kappa shape index (κ2) is 10.4. The van der Waals surface area contributed by atoms with Gasteiger partial charge in [-0.3, -0.25) is 9.52 Å². The zero-order chi connectivity index (χ0) is 17.4. The molecule has 25 heavy (non-hydrogen) atoms. The van der Waals surface area contributed by atoms with Gasteiger partial charge in [0.1, 0.15) is 4.21 Å². The van der Waals surface area contributed by atoms with E-state index in [-0.39, 0.29) is 28.9 Å². The predicted molar refractivity (Wildman–Crippen MR) is 104 cm³/mol. The fourth-order valence-corrected chi connectivity index (χ4v) is 4.08. The molecule has 2 aromatic rings. The van der Waals surface area contributed by atoms with Gasteiger partial charge < -0.3 is 10.6 Å². The first-order valence-corrected chi connectivity index (χ1v) is 10.00. The normalized spacial score (nSPS) is 10.8. The van der Waals surface area contributed by atoms with E-state index in [0.717, 1.165) is 30.0 Å². The number of thiophene rings is 1. The molecule has 0 saturated carbocycles. The maximum absolute atomic E-state index is 12.1. The molecule has 0 spiro atoms. The first-order valence-electron chi connectivity index (χ1n) is 7.64. The molecule has 3 N–H and O–H groups in total. The Balaban J connectivity index is 0.00000312. The van der Waals surface area contributed by atoms with Crippen molar-refractivity contribution in [3.05, 3.63) is 47.3 Å². The predicted octanol–water partition coefficient (Wildman–Crippen LogP) is 2.24. The molecular formula is C16H22ClN3O3S2. The average Bonchev–Trinajstić information content (AvgIpc) is 3.09. The number of hydrogen-bond acceptors (Lipinski definition) is 5. The molecule has 6 nitrogen and oxygen atoms in total. The molecule has 0 aliphatic rings. The Kier molecular flexibility index (Phi) is 8.91. The van der Waals surface area contributed by atoms with E-state index in [1.165, 1.54) is 0 Å². The number of hydrogen-bond donors (Lipinski definition) is 3. The second-order valence-corrected chi connectivity index (χ2v) is 7.97. The largest absolute Gasteiger partial charge is 0.355 e. The molecule has 1 amide bonds. The minimum Gasteiger partial charge on any atom is -0.355 e. The molecule has 0 aliphatic heterocycles. The number of anilines is 1. The highest BCUT2D eigenvalue weighted by molar-refractivity contribution is 7.94. The van der Waals surface area contributed by atoms with E-state index in [2.05, 4.69) is 15.4 Å². The SMILES string of the molecule is CCNCCNC(=O)Cc1ccc(NS(=O)(=O)c2cccs2)cc1.Cl. The first kappa shape index (κ1) is 21.4. The molecule has 0 radical (unpaired) electrons. The van der Waals surface area contributed by atoms with Crippen molar-refractivity contribution in [1.82, 2.24) is 10.6 Å². The van der Waals surface area contributed by atoms with Crippen molar-refractivity contribution in [2.24, 2.45) is 0 Å². The van der Waals surface area contributed by atoms with Crippen molar-refractivity contribution in [3.63, 3.8) is 0 Å². The molecule has 0 atom stereocenters. The van der Waals surface area contributed by atoms with Gasteiger partial charge in [-0.05, 0) is 35.7 Å². The molecule has 1 heterocycles. The zero-order valence-electron chi connectivity index (χ0n) is 13.8. The van der Waals surface area contributed by atoms with Crippen LogP contribution in [0, 0.1) is 0 Å². The molecule has 0 fully saturated rings. The number of rotatable bonds is 9. The number of nitrogens with one attached hydrogen (secondary N) is 3. The molecule has 0 aliphatic carbocycles. The van der Waals surface area contributed by atoms with Gasteiger partial charge in [-0.15, -0.1) is 23.7 Å². The van der Waals surface area contributed by atoms with Gasteiger partial charge in [0.05, 0.1) is 6.42 Å². The fourth-order valence-electron chi connectivity index (χ4n) is 2.03. The smallest absolute Gasteiger partial charge is 0.271 e. The zero-order valence-corrected chi connectivity index (χ0v) is 16.3. The molecule has 9 heteroatoms. The van der Waals surface area contributed by atoms with E-state index in [1.54, 1.807) is 41.8 Å². The quantitative estimate of drug-likeness (QED) is 0.560. The van der Waals surface area contributed by atoms with E-state index in [4.69, 9.17) is 0 Å². The van der Waals surface area contributed by atoms with Crippen molar-refractivity contribution < 1.29 is 13.2 Å². The third-order valence-electron chi connectivity index (χ3n) is 3.20. The summed E-state index contributed by atoms with van der Waals surface area (Å²) in [6.45, 7) is 4.21. The van der Waals surface area contributed by atoms with Crippen LogP contribution in [0.25, 0.3) is 0 Å². The minimum atomic E-state index is -3.54. The van der Waals surface area contributed by atoms with E-state index in [9.17, 15) is 13.2 Å². The van der Waals surface area contributed by atoms with Crippen molar-refractivity contribution in [1.29, 1.82) is 0 Å². The van der Waals surface area contributed by atoms with Gasteiger partial charge in [0.25, 0.3) is 10.0 Å². The Morgan fingerprint density at radius 1 is 1.12 bits per heavy atom. The molecule has 0 bridgehead atoms. The van der Waals surface area contributed by atoms with Crippen molar-refractivity contribution >= 4 is 45.4 Å². The number of amides is 1. The molecule has 138 valence electrons. The Labute approximate surface area is 158 Å². The molecule has 1 aromatic carbocycles. The third kappa shape index (κ3) is 7.03. The second-order valence-electron chi connectivity index (χ2n) is 5.11. The molecular weight excluding hydrogens is 382 g/mol. The van der Waals surface area contributed by atoms with Crippen LogP contribution in [0.2, 0.25) is 0 Å². The van der Waals surface area contributed by atoms with Crippen LogP contribution in [0.15, 0.2) is 46.0 Å². The van der Waals surface area contributed by atoms with Gasteiger partial charge >= 0.3 is 0 Å². The Hall–Kier alpha value is -1.61. The van der Waals surface area contributed by atoms with Gasteiger partial charge in [0.15, 0.2) is 0 Å². The number of carbonyl (C=O) groups is 1. The number of benzene rings is 1. The fraction of sp³-hybridized carbons (Fsp3) is 0.312. The molecule has 2 rings (SSSR count). The van der Waals surface area contributed by atoms with Gasteiger partial charge in [-0.1, -0.05) is 25.1 Å². The van der Waals surface area contributed by atoms with Crippen LogP contribution in [0.4, 0.5) is 5.69 Å². The van der Waals surface area contributed by atoms with Crippen LogP contribution in [-0.2, 0) is 21.2 Å². The van der Waals surface area contributed by atoms with Gasteiger partial charge in [0, 0.05) is 18.8 Å². The monoisotopic (exact) mass is 403 g/mol. The maximum atomic E-state index is 12.1. The molecule has 0 unspecified atom stereocenters. The van der Waals surface area contributed by atoms with Crippen LogP contribution >= 0.6 is 23.7 Å². The van der Waals surface area contributed by atoms with Crippen LogP contribution in [0.5, 0.6) is 0 Å². The number of likely N-dealkylation sites (N-methyl/N-ethyl adjacent to an activating group) is 1. The standard InChI is InChI=1S/C16H21N3O3S2.ClH/c1-2-17-9-10-18-15(20)12-13-5-7-14(8-6-13)19-24(21,22)16-4-3-11-23-16;/h3-8,11,17,19H,2,9-10,12H2,1H3,(H,18,20);1H. The summed E-state index contributed by atoms with van der Waals surface area (Å²) in [6.07, 6.45) is 0.268. The topological polar surface area (TPSA) is 87.3 Å². The number of sulfonamides is 1. The first-order chi connectivity index (χ1) is 11.5. The Bertz CT molecular complexity index is 747. The van der Waals surface area contributed by atoms with Gasteiger partial charge in [-0.2, -0.15) is 0 Å². The lowest BCUT2D eigenvalue weighted by Crippen LogP contribution is -2.32. The van der Waals surface area contributed by atoms with Crippen LogP contribution < -0.4 is 15.4 Å². The van der Waals surface area contributed by atoms with E-state index in [1.807, 2.05) is 6.92 Å². The summed E-state index contributed by atoms with van der Waals surface area (Å²) in [5.74, 6) is -0.0557. The lowest BCUT2D eigenvalue weighted by Gasteiger charge is -2.08. The highest BCUT2D eigenvalue weighted by Crippen LogP contribution is 2.20. The summed E-state index contributed by atoms with van der Waals surface area (Å²) < 4.78 is 27.0. The Morgan fingerprint density at radius 2 is 1.84 bits per heavy atom. The summed E-state index contributed by atoms with van der Waals surface area (Å²) in [6, 6.07) is 10.1. The highest BCUT2D eigenvalue weighted by atomic mass is 35.5. The lowest BCUT2D eigenvalue weighted by molar-refractivity contribution is -0.120. The summed E-state index contributed by atoms with van der Waals surface area (Å²) in [5, 5.41) is 7.67. The molecule has 1 aromatic heterocycles. The van der Waals surface area contributed by atoms with Crippen LogP contribution in [0.1, 0.15) is 12.5 Å². The van der Waals surface area contributed by atoms with Crippen molar-refractivity contribution in [2.75, 3.05) is 24.4 Å². The maximum Gasteiger partial charge on any atom is 0.271 e. The van der Waals surface area contributed by atoms with Crippen LogP contribution in [-0.4, -0.2) is 34.0 Å².